The van der Waals surface area contributed by atoms with Crippen molar-refractivity contribution in [3.05, 3.63) is 29.6 Å². The first kappa shape index (κ1) is 12.7. The Bertz CT molecular complexity index is 384. The summed E-state index contributed by atoms with van der Waals surface area (Å²) >= 11 is 2.02. The highest BCUT2D eigenvalue weighted by Crippen LogP contribution is 2.26. The van der Waals surface area contributed by atoms with Gasteiger partial charge >= 0.3 is 0 Å². The lowest BCUT2D eigenvalue weighted by atomic mass is 10.1. The summed E-state index contributed by atoms with van der Waals surface area (Å²) in [5.41, 5.74) is 7.04. The first-order valence-corrected chi connectivity index (χ1v) is 7.14. The van der Waals surface area contributed by atoms with Gasteiger partial charge in [-0.05, 0) is 18.6 Å². The van der Waals surface area contributed by atoms with Gasteiger partial charge in [0.2, 0.25) is 0 Å². The van der Waals surface area contributed by atoms with Gasteiger partial charge < -0.3 is 10.6 Å². The van der Waals surface area contributed by atoms with Crippen molar-refractivity contribution in [3.8, 4) is 0 Å². The van der Waals surface area contributed by atoms with Crippen molar-refractivity contribution >= 4 is 17.4 Å². The van der Waals surface area contributed by atoms with Crippen LogP contribution in [0.25, 0.3) is 0 Å². The maximum absolute atomic E-state index is 13.7. The van der Waals surface area contributed by atoms with E-state index < -0.39 is 0 Å². The van der Waals surface area contributed by atoms with Crippen LogP contribution in [0.4, 0.5) is 10.1 Å². The number of halogens is 1. The van der Waals surface area contributed by atoms with Gasteiger partial charge in [0.1, 0.15) is 5.82 Å². The van der Waals surface area contributed by atoms with Gasteiger partial charge in [-0.3, -0.25) is 0 Å². The van der Waals surface area contributed by atoms with Crippen LogP contribution in [0.3, 0.4) is 0 Å². The van der Waals surface area contributed by atoms with Crippen LogP contribution in [0.15, 0.2) is 18.2 Å². The van der Waals surface area contributed by atoms with Crippen LogP contribution in [0, 0.1) is 5.82 Å². The predicted octanol–water partition coefficient (Wildman–Crippen LogP) is 2.62. The first-order chi connectivity index (χ1) is 8.24. The summed E-state index contributed by atoms with van der Waals surface area (Å²) in [4.78, 5) is 2.27. The highest BCUT2D eigenvalue weighted by Gasteiger charge is 2.19. The highest BCUT2D eigenvalue weighted by atomic mass is 32.2. The van der Waals surface area contributed by atoms with Crippen LogP contribution in [0.2, 0.25) is 0 Å². The fourth-order valence-corrected chi connectivity index (χ4v) is 3.28. The second-order valence-electron chi connectivity index (χ2n) is 4.33. The minimum Gasteiger partial charge on any atom is -0.370 e. The standard InChI is InChI=1S/C13H19FN2S/c1-2-12-9-16(5-6-17-12)11-4-3-10(8-15)13(14)7-11/h3-4,7,12H,2,5-6,8-9,15H2,1H3. The van der Waals surface area contributed by atoms with E-state index in [1.165, 1.54) is 6.42 Å². The van der Waals surface area contributed by atoms with Crippen molar-refractivity contribution in [3.63, 3.8) is 0 Å². The molecule has 2 N–H and O–H groups in total. The number of anilines is 1. The molecule has 0 amide bonds. The smallest absolute Gasteiger partial charge is 0.129 e. The van der Waals surface area contributed by atoms with E-state index in [-0.39, 0.29) is 12.4 Å². The van der Waals surface area contributed by atoms with Crippen molar-refractivity contribution in [1.82, 2.24) is 0 Å². The monoisotopic (exact) mass is 254 g/mol. The number of hydrogen-bond acceptors (Lipinski definition) is 3. The van der Waals surface area contributed by atoms with Gasteiger partial charge in [-0.1, -0.05) is 13.0 Å². The predicted molar refractivity (Wildman–Crippen MR) is 73.0 cm³/mol. The van der Waals surface area contributed by atoms with Crippen molar-refractivity contribution in [1.29, 1.82) is 0 Å². The topological polar surface area (TPSA) is 29.3 Å². The van der Waals surface area contributed by atoms with Gasteiger partial charge in [0.05, 0.1) is 0 Å². The zero-order valence-electron chi connectivity index (χ0n) is 10.2. The molecule has 0 bridgehead atoms. The lowest BCUT2D eigenvalue weighted by Gasteiger charge is -2.33. The Morgan fingerprint density at radius 2 is 2.35 bits per heavy atom. The fraction of sp³-hybridized carbons (Fsp3) is 0.538. The number of hydrogen-bond donors (Lipinski definition) is 1. The molecule has 1 unspecified atom stereocenters. The molecule has 1 saturated heterocycles. The quantitative estimate of drug-likeness (QED) is 0.899. The molecule has 0 aliphatic carbocycles. The Labute approximate surface area is 106 Å². The summed E-state index contributed by atoms with van der Waals surface area (Å²) in [5, 5.41) is 0.668. The molecule has 2 rings (SSSR count). The molecule has 1 aromatic rings. The minimum atomic E-state index is -0.184. The number of thioether (sulfide) groups is 1. The zero-order valence-corrected chi connectivity index (χ0v) is 11.0. The second-order valence-corrected chi connectivity index (χ2v) is 5.74. The molecule has 1 aromatic carbocycles. The molecule has 0 radical (unpaired) electrons. The van der Waals surface area contributed by atoms with E-state index >= 15 is 0 Å². The third-order valence-corrected chi connectivity index (χ3v) is 4.59. The molecule has 1 heterocycles. The summed E-state index contributed by atoms with van der Waals surface area (Å²) in [7, 11) is 0. The maximum atomic E-state index is 13.7. The van der Waals surface area contributed by atoms with Crippen molar-refractivity contribution in [2.24, 2.45) is 5.73 Å². The number of rotatable bonds is 3. The Morgan fingerprint density at radius 1 is 1.53 bits per heavy atom. The molecular formula is C13H19FN2S. The van der Waals surface area contributed by atoms with Crippen LogP contribution >= 0.6 is 11.8 Å². The average molecular weight is 254 g/mol. The Balaban J connectivity index is 2.13. The summed E-state index contributed by atoms with van der Waals surface area (Å²) in [6, 6.07) is 5.40. The van der Waals surface area contributed by atoms with Gasteiger partial charge in [-0.2, -0.15) is 11.8 Å². The van der Waals surface area contributed by atoms with Gasteiger partial charge in [-0.25, -0.2) is 4.39 Å². The van der Waals surface area contributed by atoms with Crippen molar-refractivity contribution in [2.45, 2.75) is 25.1 Å². The summed E-state index contributed by atoms with van der Waals surface area (Å²) in [5.74, 6) is 0.940. The second kappa shape index (κ2) is 5.74. The van der Waals surface area contributed by atoms with E-state index in [9.17, 15) is 4.39 Å². The largest absolute Gasteiger partial charge is 0.370 e. The Kier molecular flexibility index (Phi) is 4.29. The zero-order chi connectivity index (χ0) is 12.3. The van der Waals surface area contributed by atoms with E-state index in [0.29, 0.717) is 10.8 Å². The van der Waals surface area contributed by atoms with E-state index in [4.69, 9.17) is 5.73 Å². The molecule has 1 fully saturated rings. The van der Waals surface area contributed by atoms with E-state index in [1.807, 2.05) is 17.8 Å². The third kappa shape index (κ3) is 2.93. The molecule has 1 aliphatic heterocycles. The van der Waals surface area contributed by atoms with Gasteiger partial charge in [0.15, 0.2) is 0 Å². The molecular weight excluding hydrogens is 235 g/mol. The van der Waals surface area contributed by atoms with E-state index in [0.717, 1.165) is 24.5 Å². The highest BCUT2D eigenvalue weighted by molar-refractivity contribution is 8.00. The molecule has 94 valence electrons. The van der Waals surface area contributed by atoms with E-state index in [1.54, 1.807) is 12.1 Å². The third-order valence-electron chi connectivity index (χ3n) is 3.22. The van der Waals surface area contributed by atoms with Crippen LogP contribution < -0.4 is 10.6 Å². The fourth-order valence-electron chi connectivity index (χ4n) is 2.10. The Morgan fingerprint density at radius 3 is 3.00 bits per heavy atom. The van der Waals surface area contributed by atoms with Crippen LogP contribution in [0.5, 0.6) is 0 Å². The molecule has 17 heavy (non-hydrogen) atoms. The molecule has 0 saturated carbocycles. The molecule has 0 spiro atoms. The normalized spacial score (nSPS) is 20.6. The summed E-state index contributed by atoms with van der Waals surface area (Å²) < 4.78 is 13.7. The lowest BCUT2D eigenvalue weighted by molar-refractivity contribution is 0.609. The maximum Gasteiger partial charge on any atom is 0.129 e. The molecule has 1 aliphatic rings. The molecule has 1 atom stereocenters. The average Bonchev–Trinajstić information content (AvgIpc) is 2.38. The first-order valence-electron chi connectivity index (χ1n) is 6.09. The van der Waals surface area contributed by atoms with Crippen LogP contribution in [0.1, 0.15) is 18.9 Å². The number of nitrogens with two attached hydrogens (primary N) is 1. The number of benzene rings is 1. The van der Waals surface area contributed by atoms with Gasteiger partial charge in [-0.15, -0.1) is 0 Å². The Hall–Kier alpha value is -0.740. The van der Waals surface area contributed by atoms with Gasteiger partial charge in [0, 0.05) is 41.9 Å². The summed E-state index contributed by atoms with van der Waals surface area (Å²) in [6.45, 7) is 4.49. The van der Waals surface area contributed by atoms with Gasteiger partial charge in [0.25, 0.3) is 0 Å². The minimum absolute atomic E-state index is 0.184. The van der Waals surface area contributed by atoms with E-state index in [2.05, 4.69) is 11.8 Å². The lowest BCUT2D eigenvalue weighted by Crippen LogP contribution is -2.37. The number of nitrogens with zero attached hydrogens (tertiary/aromatic N) is 1. The van der Waals surface area contributed by atoms with Crippen molar-refractivity contribution in [2.75, 3.05) is 23.7 Å². The van der Waals surface area contributed by atoms with Crippen LogP contribution in [-0.2, 0) is 6.54 Å². The molecule has 0 aromatic heterocycles. The van der Waals surface area contributed by atoms with Crippen molar-refractivity contribution < 1.29 is 4.39 Å². The summed E-state index contributed by atoms with van der Waals surface area (Å²) in [6.07, 6.45) is 1.17. The van der Waals surface area contributed by atoms with Crippen LogP contribution in [-0.4, -0.2) is 24.1 Å². The molecule has 2 nitrogen and oxygen atoms in total. The SMILES string of the molecule is CCC1CN(c2ccc(CN)c(F)c2)CCS1. The molecule has 4 heteroatoms.